The van der Waals surface area contributed by atoms with Crippen LogP contribution >= 0.6 is 0 Å². The maximum atomic E-state index is 13.8. The summed E-state index contributed by atoms with van der Waals surface area (Å²) >= 11 is 0. The molecule has 0 spiro atoms. The molecule has 0 radical (unpaired) electrons. The molecule has 3 atom stereocenters. The molecular formula is C25H21FN4O. The van der Waals surface area contributed by atoms with Gasteiger partial charge >= 0.3 is 0 Å². The highest BCUT2D eigenvalue weighted by Gasteiger charge is 2.38. The number of hydrogen-bond acceptors (Lipinski definition) is 4. The van der Waals surface area contributed by atoms with Crippen LogP contribution in [-0.4, -0.2) is 15.9 Å². The Morgan fingerprint density at radius 3 is 2.87 bits per heavy atom. The average Bonchev–Trinajstić information content (AvgIpc) is 3.32. The minimum atomic E-state index is -0.246. The van der Waals surface area contributed by atoms with Gasteiger partial charge in [0, 0.05) is 18.0 Å². The summed E-state index contributed by atoms with van der Waals surface area (Å²) < 4.78 is 13.8. The van der Waals surface area contributed by atoms with Gasteiger partial charge in [-0.2, -0.15) is 5.26 Å². The average molecular weight is 412 g/mol. The van der Waals surface area contributed by atoms with Crippen molar-refractivity contribution >= 4 is 28.1 Å². The number of nitrogens with one attached hydrogen (secondary N) is 1. The predicted molar refractivity (Wildman–Crippen MR) is 116 cm³/mol. The zero-order valence-electron chi connectivity index (χ0n) is 16.9. The minimum Gasteiger partial charge on any atom is -0.325 e. The van der Waals surface area contributed by atoms with E-state index in [1.807, 2.05) is 12.1 Å². The van der Waals surface area contributed by atoms with Crippen molar-refractivity contribution in [2.24, 2.45) is 17.8 Å². The molecule has 1 amide bonds. The number of carbonyl (C=O) groups is 1. The molecule has 2 heterocycles. The van der Waals surface area contributed by atoms with E-state index in [0.717, 1.165) is 35.7 Å². The summed E-state index contributed by atoms with van der Waals surface area (Å²) in [5.41, 5.74) is 4.08. The van der Waals surface area contributed by atoms with E-state index in [1.165, 1.54) is 17.8 Å². The maximum Gasteiger partial charge on any atom is 0.224 e. The van der Waals surface area contributed by atoms with E-state index in [-0.39, 0.29) is 11.7 Å². The second-order valence-electron chi connectivity index (χ2n) is 8.47. The molecule has 5 nitrogen and oxygen atoms in total. The second-order valence-corrected chi connectivity index (χ2v) is 8.47. The molecule has 2 aliphatic rings. The van der Waals surface area contributed by atoms with E-state index < -0.39 is 0 Å². The second kappa shape index (κ2) is 7.92. The van der Waals surface area contributed by atoms with Gasteiger partial charge in [-0.25, -0.2) is 9.37 Å². The number of nitrogens with zero attached hydrogens (tertiary/aromatic N) is 3. The molecule has 0 saturated heterocycles. The Labute approximate surface area is 179 Å². The van der Waals surface area contributed by atoms with Gasteiger partial charge < -0.3 is 5.32 Å². The number of nitriles is 1. The van der Waals surface area contributed by atoms with Crippen molar-refractivity contribution < 1.29 is 9.18 Å². The zero-order chi connectivity index (χ0) is 21.4. The number of aromatic nitrogens is 2. The number of rotatable bonds is 4. The van der Waals surface area contributed by atoms with Crippen LogP contribution in [0.25, 0.3) is 16.5 Å². The van der Waals surface area contributed by atoms with E-state index in [9.17, 15) is 9.18 Å². The van der Waals surface area contributed by atoms with Crippen LogP contribution in [0.2, 0.25) is 0 Å². The van der Waals surface area contributed by atoms with Crippen molar-refractivity contribution in [2.45, 2.75) is 25.7 Å². The third kappa shape index (κ3) is 3.91. The summed E-state index contributed by atoms with van der Waals surface area (Å²) in [5.74, 6) is 1.08. The molecule has 0 aliphatic heterocycles. The maximum absolute atomic E-state index is 13.8. The first-order valence-electron chi connectivity index (χ1n) is 10.5. The molecule has 6 heteroatoms. The van der Waals surface area contributed by atoms with Crippen molar-refractivity contribution in [3.63, 3.8) is 0 Å². The van der Waals surface area contributed by atoms with Crippen molar-refractivity contribution in [2.75, 3.05) is 5.32 Å². The summed E-state index contributed by atoms with van der Waals surface area (Å²) in [6.45, 7) is 0. The minimum absolute atomic E-state index is 0.0173. The molecule has 3 aromatic rings. The first-order valence-corrected chi connectivity index (χ1v) is 10.5. The number of allylic oxidation sites excluding steroid dienone is 2. The van der Waals surface area contributed by atoms with Crippen molar-refractivity contribution in [3.8, 4) is 6.07 Å². The molecule has 1 N–H and O–H groups in total. The van der Waals surface area contributed by atoms with Gasteiger partial charge in [-0.3, -0.25) is 9.78 Å². The van der Waals surface area contributed by atoms with E-state index in [2.05, 4.69) is 21.4 Å². The van der Waals surface area contributed by atoms with Gasteiger partial charge in [0.1, 0.15) is 17.6 Å². The first-order chi connectivity index (χ1) is 15.1. The number of halogens is 1. The van der Waals surface area contributed by atoms with Crippen LogP contribution in [0.3, 0.4) is 0 Å². The Balaban J connectivity index is 1.24. The van der Waals surface area contributed by atoms with Crippen LogP contribution in [-0.2, 0) is 4.79 Å². The fourth-order valence-corrected chi connectivity index (χ4v) is 5.10. The summed E-state index contributed by atoms with van der Waals surface area (Å²) in [4.78, 5) is 20.8. The lowest BCUT2D eigenvalue weighted by Gasteiger charge is -2.13. The quantitative estimate of drug-likeness (QED) is 0.647. The van der Waals surface area contributed by atoms with Gasteiger partial charge in [0.05, 0.1) is 17.4 Å². The molecule has 0 bridgehead atoms. The smallest absolute Gasteiger partial charge is 0.224 e. The van der Waals surface area contributed by atoms with Crippen LogP contribution in [0, 0.1) is 34.9 Å². The monoisotopic (exact) mass is 412 g/mol. The highest BCUT2D eigenvalue weighted by molar-refractivity contribution is 5.92. The van der Waals surface area contributed by atoms with Crippen LogP contribution in [0.1, 0.15) is 36.9 Å². The molecule has 2 aromatic heterocycles. The third-order valence-electron chi connectivity index (χ3n) is 6.43. The van der Waals surface area contributed by atoms with Crippen LogP contribution in [0.5, 0.6) is 0 Å². The predicted octanol–water partition coefficient (Wildman–Crippen LogP) is 5.10. The molecular weight excluding hydrogens is 391 g/mol. The van der Waals surface area contributed by atoms with Crippen molar-refractivity contribution in [3.05, 3.63) is 71.9 Å². The number of carbonyl (C=O) groups excluding carboxylic acids is 1. The zero-order valence-corrected chi connectivity index (χ0v) is 16.9. The van der Waals surface area contributed by atoms with Gasteiger partial charge in [0.25, 0.3) is 0 Å². The molecule has 1 saturated carbocycles. The number of benzene rings is 1. The van der Waals surface area contributed by atoms with E-state index >= 15 is 0 Å². The molecule has 2 unspecified atom stereocenters. The van der Waals surface area contributed by atoms with Gasteiger partial charge in [0.2, 0.25) is 5.91 Å². The van der Waals surface area contributed by atoms with Gasteiger partial charge in [-0.1, -0.05) is 6.08 Å². The fourth-order valence-electron chi connectivity index (χ4n) is 5.10. The topological polar surface area (TPSA) is 78.7 Å². The Morgan fingerprint density at radius 1 is 1.19 bits per heavy atom. The SMILES string of the molecule is N#Cc1ccc(NC(=O)C[C@H]2CC3C=C(c4ccnc5ccc(F)cc45)CC3C2)cn1. The Bertz CT molecular complexity index is 1230. The van der Waals surface area contributed by atoms with Crippen LogP contribution < -0.4 is 5.32 Å². The van der Waals surface area contributed by atoms with Gasteiger partial charge in [0.15, 0.2) is 0 Å². The van der Waals surface area contributed by atoms with E-state index in [1.54, 1.807) is 30.5 Å². The first kappa shape index (κ1) is 19.4. The molecule has 5 rings (SSSR count). The van der Waals surface area contributed by atoms with E-state index in [0.29, 0.717) is 35.6 Å². The number of hydrogen-bond donors (Lipinski definition) is 1. The van der Waals surface area contributed by atoms with Crippen LogP contribution in [0.15, 0.2) is 54.9 Å². The summed E-state index contributed by atoms with van der Waals surface area (Å²) in [5, 5.41) is 12.5. The third-order valence-corrected chi connectivity index (χ3v) is 6.43. The Morgan fingerprint density at radius 2 is 2.10 bits per heavy atom. The summed E-state index contributed by atoms with van der Waals surface area (Å²) in [7, 11) is 0. The molecule has 1 fully saturated rings. The standard InChI is InChI=1S/C25H21FN4O/c26-19-1-4-24-23(12-19)22(5-6-28-24)18-10-16-7-15(8-17(16)11-18)9-25(31)30-21-3-2-20(13-27)29-14-21/h1-6,10,12,14-17H,7-9,11H2,(H,30,31)/t15-,16?,17?/m0/s1. The number of anilines is 1. The summed E-state index contributed by atoms with van der Waals surface area (Å²) in [6, 6.07) is 12.0. The Kier molecular flexibility index (Phi) is 4.95. The lowest BCUT2D eigenvalue weighted by molar-refractivity contribution is -0.117. The highest BCUT2D eigenvalue weighted by atomic mass is 19.1. The molecule has 2 aliphatic carbocycles. The van der Waals surface area contributed by atoms with Crippen molar-refractivity contribution in [1.82, 2.24) is 9.97 Å². The summed E-state index contributed by atoms with van der Waals surface area (Å²) in [6.07, 6.45) is 9.07. The lowest BCUT2D eigenvalue weighted by Crippen LogP contribution is -2.15. The molecule has 31 heavy (non-hydrogen) atoms. The van der Waals surface area contributed by atoms with Crippen molar-refractivity contribution in [1.29, 1.82) is 5.26 Å². The lowest BCUT2D eigenvalue weighted by atomic mass is 9.94. The fraction of sp³-hybridized carbons (Fsp3) is 0.280. The van der Waals surface area contributed by atoms with E-state index in [4.69, 9.17) is 5.26 Å². The molecule has 154 valence electrons. The Hall–Kier alpha value is -3.59. The van der Waals surface area contributed by atoms with Gasteiger partial charge in [-0.15, -0.1) is 0 Å². The normalized spacial score (nSPS) is 22.1. The number of fused-ring (bicyclic) bond motifs is 2. The number of amides is 1. The highest BCUT2D eigenvalue weighted by Crippen LogP contribution is 2.49. The number of pyridine rings is 2. The van der Waals surface area contributed by atoms with Crippen LogP contribution in [0.4, 0.5) is 10.1 Å². The largest absolute Gasteiger partial charge is 0.325 e. The molecule has 1 aromatic carbocycles. The van der Waals surface area contributed by atoms with Gasteiger partial charge in [-0.05, 0) is 84.6 Å².